The van der Waals surface area contributed by atoms with Crippen LogP contribution in [0.2, 0.25) is 0 Å². The van der Waals surface area contributed by atoms with E-state index >= 15 is 0 Å². The summed E-state index contributed by atoms with van der Waals surface area (Å²) < 4.78 is 26.2. The monoisotopic (exact) mass is 361 g/mol. The third-order valence-electron chi connectivity index (χ3n) is 3.36. The fourth-order valence-electron chi connectivity index (χ4n) is 2.09. The predicted molar refractivity (Wildman–Crippen MR) is 89.7 cm³/mol. The molecule has 0 fully saturated rings. The van der Waals surface area contributed by atoms with Gasteiger partial charge in [0.15, 0.2) is 0 Å². The Labute approximate surface area is 148 Å². The summed E-state index contributed by atoms with van der Waals surface area (Å²) in [5.74, 6) is -3.44. The topological polar surface area (TPSA) is 87.3 Å². The Morgan fingerprint density at radius 3 is 2.27 bits per heavy atom. The van der Waals surface area contributed by atoms with Crippen molar-refractivity contribution in [1.82, 2.24) is 16.2 Å². The van der Waals surface area contributed by atoms with E-state index in [1.165, 1.54) is 0 Å². The number of halogens is 2. The van der Waals surface area contributed by atoms with Crippen LogP contribution in [-0.4, -0.2) is 24.3 Å². The highest BCUT2D eigenvalue weighted by Gasteiger charge is 2.12. The van der Waals surface area contributed by atoms with Crippen LogP contribution in [0.25, 0.3) is 0 Å². The average molecular weight is 361 g/mol. The van der Waals surface area contributed by atoms with Crippen LogP contribution >= 0.6 is 0 Å². The van der Waals surface area contributed by atoms with E-state index in [-0.39, 0.29) is 30.9 Å². The Bertz CT molecular complexity index is 798. The zero-order valence-corrected chi connectivity index (χ0v) is 13.7. The second-order valence-corrected chi connectivity index (χ2v) is 5.39. The Balaban J connectivity index is 1.68. The SMILES string of the molecule is O=C(CCNC(=O)c1ccc(F)cc1F)NNC(=O)Cc1ccccc1. The number of hydrogen-bond donors (Lipinski definition) is 3. The molecule has 0 aromatic heterocycles. The van der Waals surface area contributed by atoms with E-state index in [1.54, 1.807) is 24.3 Å². The summed E-state index contributed by atoms with van der Waals surface area (Å²) in [6, 6.07) is 11.6. The van der Waals surface area contributed by atoms with Crippen molar-refractivity contribution in [2.45, 2.75) is 12.8 Å². The maximum absolute atomic E-state index is 13.4. The molecule has 3 amide bonds. The molecule has 6 nitrogen and oxygen atoms in total. The van der Waals surface area contributed by atoms with Crippen LogP contribution in [0.1, 0.15) is 22.3 Å². The molecule has 2 aromatic rings. The van der Waals surface area contributed by atoms with Crippen LogP contribution in [0, 0.1) is 11.6 Å². The van der Waals surface area contributed by atoms with E-state index in [0.29, 0.717) is 6.07 Å². The number of benzene rings is 2. The molecule has 0 aliphatic heterocycles. The summed E-state index contributed by atoms with van der Waals surface area (Å²) in [5.41, 5.74) is 4.97. The number of amides is 3. The molecule has 0 spiro atoms. The number of carbonyl (C=O) groups is 3. The first-order valence-corrected chi connectivity index (χ1v) is 7.80. The minimum absolute atomic E-state index is 0.0734. The van der Waals surface area contributed by atoms with Gasteiger partial charge >= 0.3 is 0 Å². The third kappa shape index (κ3) is 5.97. The quantitative estimate of drug-likeness (QED) is 0.681. The molecule has 8 heteroatoms. The number of rotatable bonds is 6. The van der Waals surface area contributed by atoms with Gasteiger partial charge in [0.05, 0.1) is 12.0 Å². The van der Waals surface area contributed by atoms with Crippen LogP contribution in [0.4, 0.5) is 8.78 Å². The van der Waals surface area contributed by atoms with Gasteiger partial charge in [-0.15, -0.1) is 0 Å². The molecule has 0 saturated heterocycles. The van der Waals surface area contributed by atoms with E-state index in [1.807, 2.05) is 6.07 Å². The lowest BCUT2D eigenvalue weighted by Gasteiger charge is -2.08. The van der Waals surface area contributed by atoms with Crippen LogP contribution < -0.4 is 16.2 Å². The fourth-order valence-corrected chi connectivity index (χ4v) is 2.09. The first-order chi connectivity index (χ1) is 12.5. The molecule has 0 unspecified atom stereocenters. The van der Waals surface area contributed by atoms with Gasteiger partial charge in [-0.3, -0.25) is 25.2 Å². The average Bonchev–Trinajstić information content (AvgIpc) is 2.60. The van der Waals surface area contributed by atoms with Crippen molar-refractivity contribution in [2.24, 2.45) is 0 Å². The van der Waals surface area contributed by atoms with Crippen molar-refractivity contribution in [3.8, 4) is 0 Å². The highest BCUT2D eigenvalue weighted by atomic mass is 19.1. The maximum Gasteiger partial charge on any atom is 0.254 e. The standard InChI is InChI=1S/C18H17F2N3O3/c19-13-6-7-14(15(20)11-13)18(26)21-9-8-16(24)22-23-17(25)10-12-4-2-1-3-5-12/h1-7,11H,8-10H2,(H,21,26)(H,22,24)(H,23,25). The molecule has 0 bridgehead atoms. The largest absolute Gasteiger partial charge is 0.351 e. The molecule has 2 rings (SSSR count). The number of hydrazine groups is 1. The van der Waals surface area contributed by atoms with Gasteiger partial charge in [-0.1, -0.05) is 30.3 Å². The molecule has 0 radical (unpaired) electrons. The van der Waals surface area contributed by atoms with Gasteiger partial charge in [0.25, 0.3) is 5.91 Å². The summed E-state index contributed by atoms with van der Waals surface area (Å²) in [4.78, 5) is 35.1. The normalized spacial score (nSPS) is 10.1. The van der Waals surface area contributed by atoms with E-state index in [2.05, 4.69) is 16.2 Å². The van der Waals surface area contributed by atoms with Crippen molar-refractivity contribution < 1.29 is 23.2 Å². The van der Waals surface area contributed by atoms with Gasteiger partial charge in [0.1, 0.15) is 11.6 Å². The van der Waals surface area contributed by atoms with Crippen molar-refractivity contribution >= 4 is 17.7 Å². The molecule has 26 heavy (non-hydrogen) atoms. The summed E-state index contributed by atoms with van der Waals surface area (Å²) in [5, 5.41) is 2.34. The van der Waals surface area contributed by atoms with E-state index in [9.17, 15) is 23.2 Å². The summed E-state index contributed by atoms with van der Waals surface area (Å²) >= 11 is 0. The van der Waals surface area contributed by atoms with Crippen molar-refractivity contribution in [3.05, 3.63) is 71.3 Å². The smallest absolute Gasteiger partial charge is 0.254 e. The molecule has 0 aliphatic rings. The first kappa shape index (κ1) is 19.0. The lowest BCUT2D eigenvalue weighted by molar-refractivity contribution is -0.128. The van der Waals surface area contributed by atoms with E-state index in [0.717, 1.165) is 17.7 Å². The third-order valence-corrected chi connectivity index (χ3v) is 3.36. The summed E-state index contributed by atoms with van der Waals surface area (Å²) in [7, 11) is 0. The summed E-state index contributed by atoms with van der Waals surface area (Å²) in [6.45, 7) is -0.0734. The predicted octanol–water partition coefficient (Wildman–Crippen LogP) is 1.47. The van der Waals surface area contributed by atoms with Gasteiger partial charge in [0.2, 0.25) is 11.8 Å². The maximum atomic E-state index is 13.4. The first-order valence-electron chi connectivity index (χ1n) is 7.80. The Morgan fingerprint density at radius 2 is 1.58 bits per heavy atom. The zero-order valence-electron chi connectivity index (χ0n) is 13.7. The zero-order chi connectivity index (χ0) is 18.9. The molecular formula is C18H17F2N3O3. The molecule has 0 heterocycles. The van der Waals surface area contributed by atoms with Gasteiger partial charge in [0, 0.05) is 19.0 Å². The van der Waals surface area contributed by atoms with Gasteiger partial charge < -0.3 is 5.32 Å². The molecule has 0 atom stereocenters. The van der Waals surface area contributed by atoms with Crippen molar-refractivity contribution in [1.29, 1.82) is 0 Å². The Hall–Kier alpha value is -3.29. The molecular weight excluding hydrogens is 344 g/mol. The van der Waals surface area contributed by atoms with E-state index in [4.69, 9.17) is 0 Å². The highest BCUT2D eigenvalue weighted by molar-refractivity contribution is 5.94. The second-order valence-electron chi connectivity index (χ2n) is 5.39. The van der Waals surface area contributed by atoms with Crippen LogP contribution in [0.5, 0.6) is 0 Å². The lowest BCUT2D eigenvalue weighted by Crippen LogP contribution is -2.43. The van der Waals surface area contributed by atoms with Crippen LogP contribution in [0.3, 0.4) is 0 Å². The molecule has 2 aromatic carbocycles. The van der Waals surface area contributed by atoms with Crippen LogP contribution in [0.15, 0.2) is 48.5 Å². The molecule has 136 valence electrons. The Morgan fingerprint density at radius 1 is 0.885 bits per heavy atom. The minimum atomic E-state index is -0.986. The molecule has 0 aliphatic carbocycles. The highest BCUT2D eigenvalue weighted by Crippen LogP contribution is 2.09. The van der Waals surface area contributed by atoms with E-state index < -0.39 is 23.4 Å². The lowest BCUT2D eigenvalue weighted by atomic mass is 10.1. The van der Waals surface area contributed by atoms with Crippen molar-refractivity contribution in [2.75, 3.05) is 6.54 Å². The number of carbonyl (C=O) groups excluding carboxylic acids is 3. The van der Waals surface area contributed by atoms with Crippen molar-refractivity contribution in [3.63, 3.8) is 0 Å². The Kier molecular flexibility index (Phi) is 6.78. The summed E-state index contributed by atoms with van der Waals surface area (Å²) in [6.07, 6.45) is -0.0120. The molecule has 0 saturated carbocycles. The minimum Gasteiger partial charge on any atom is -0.351 e. The van der Waals surface area contributed by atoms with Gasteiger partial charge in [-0.25, -0.2) is 8.78 Å². The molecule has 3 N–H and O–H groups in total. The number of nitrogens with one attached hydrogen (secondary N) is 3. The fraction of sp³-hybridized carbons (Fsp3) is 0.167. The van der Waals surface area contributed by atoms with Gasteiger partial charge in [-0.05, 0) is 17.7 Å². The van der Waals surface area contributed by atoms with Gasteiger partial charge in [-0.2, -0.15) is 0 Å². The second kappa shape index (κ2) is 9.26. The van der Waals surface area contributed by atoms with Crippen LogP contribution in [-0.2, 0) is 16.0 Å². The number of hydrogen-bond acceptors (Lipinski definition) is 3.